The van der Waals surface area contributed by atoms with Crippen LogP contribution in [-0.2, 0) is 0 Å². The molecule has 0 spiro atoms. The summed E-state index contributed by atoms with van der Waals surface area (Å²) >= 11 is 0. The van der Waals surface area contributed by atoms with E-state index in [2.05, 4.69) is 10.6 Å². The Balaban J connectivity index is 1.79. The highest BCUT2D eigenvalue weighted by Crippen LogP contribution is 2.31. The lowest BCUT2D eigenvalue weighted by Crippen LogP contribution is -2.27. The number of hydrogen-bond acceptors (Lipinski definition) is 4. The van der Waals surface area contributed by atoms with Crippen molar-refractivity contribution in [3.8, 4) is 0 Å². The van der Waals surface area contributed by atoms with Crippen molar-refractivity contribution in [1.29, 1.82) is 0 Å². The first-order valence-corrected chi connectivity index (χ1v) is 8.78. The van der Waals surface area contributed by atoms with E-state index in [0.717, 1.165) is 29.5 Å². The molecule has 0 radical (unpaired) electrons. The molecule has 136 valence electrons. The van der Waals surface area contributed by atoms with Crippen molar-refractivity contribution in [2.45, 2.75) is 45.7 Å². The minimum Gasteiger partial charge on any atom is -0.377 e. The zero-order chi connectivity index (χ0) is 18.8. The summed E-state index contributed by atoms with van der Waals surface area (Å²) in [5, 5.41) is 17.4. The Morgan fingerprint density at radius 2 is 1.92 bits per heavy atom. The summed E-state index contributed by atoms with van der Waals surface area (Å²) in [6.45, 7) is 5.92. The van der Waals surface area contributed by atoms with Crippen molar-refractivity contribution >= 4 is 17.3 Å². The third kappa shape index (κ3) is 4.02. The van der Waals surface area contributed by atoms with Crippen LogP contribution in [-0.4, -0.2) is 16.9 Å². The van der Waals surface area contributed by atoms with Crippen molar-refractivity contribution in [2.24, 2.45) is 0 Å². The molecule has 1 aliphatic carbocycles. The summed E-state index contributed by atoms with van der Waals surface area (Å²) in [5.74, 6) is -0.320. The molecule has 1 atom stereocenters. The second kappa shape index (κ2) is 7.15. The van der Waals surface area contributed by atoms with E-state index < -0.39 is 4.92 Å². The number of rotatable bonds is 6. The molecule has 0 aromatic heterocycles. The number of carbonyl (C=O) groups is 1. The lowest BCUT2D eigenvalue weighted by molar-refractivity contribution is -0.384. The number of aryl methyl sites for hydroxylation is 2. The van der Waals surface area contributed by atoms with Gasteiger partial charge in [0.25, 0.3) is 11.6 Å². The average Bonchev–Trinajstić information content (AvgIpc) is 3.41. The number of amides is 1. The van der Waals surface area contributed by atoms with E-state index in [1.54, 1.807) is 12.1 Å². The molecule has 1 fully saturated rings. The van der Waals surface area contributed by atoms with Gasteiger partial charge in [0.15, 0.2) is 0 Å². The fraction of sp³-hybridized carbons (Fsp3) is 0.350. The molecule has 2 aromatic carbocycles. The van der Waals surface area contributed by atoms with Gasteiger partial charge in [-0.05, 0) is 56.9 Å². The predicted molar refractivity (Wildman–Crippen MR) is 102 cm³/mol. The van der Waals surface area contributed by atoms with Crippen LogP contribution < -0.4 is 10.6 Å². The lowest BCUT2D eigenvalue weighted by Gasteiger charge is -2.17. The van der Waals surface area contributed by atoms with Gasteiger partial charge in [0.2, 0.25) is 0 Å². The molecule has 1 unspecified atom stereocenters. The molecule has 1 saturated carbocycles. The van der Waals surface area contributed by atoms with E-state index in [0.29, 0.717) is 11.7 Å². The molecule has 0 saturated heterocycles. The van der Waals surface area contributed by atoms with Crippen LogP contribution in [0.15, 0.2) is 36.4 Å². The first-order chi connectivity index (χ1) is 12.3. The summed E-state index contributed by atoms with van der Waals surface area (Å²) < 4.78 is 0. The first-order valence-electron chi connectivity index (χ1n) is 8.78. The van der Waals surface area contributed by atoms with Gasteiger partial charge in [-0.1, -0.05) is 23.8 Å². The zero-order valence-corrected chi connectivity index (χ0v) is 15.2. The molecule has 2 N–H and O–H groups in total. The maximum Gasteiger partial charge on any atom is 0.293 e. The second-order valence-electron chi connectivity index (χ2n) is 6.96. The minimum atomic E-state index is -0.449. The maximum absolute atomic E-state index is 12.6. The first kappa shape index (κ1) is 17.9. The monoisotopic (exact) mass is 353 g/mol. The molecule has 0 aliphatic heterocycles. The SMILES string of the molecule is Cc1ccc(C)c(C(C)NC(=O)c2ccc(NC3CC3)c([N+](=O)[O-])c2)c1. The normalized spacial score (nSPS) is 14.6. The molecule has 6 nitrogen and oxygen atoms in total. The molecule has 3 rings (SSSR count). The minimum absolute atomic E-state index is 0.0658. The van der Waals surface area contributed by atoms with Crippen LogP contribution in [0.2, 0.25) is 0 Å². The van der Waals surface area contributed by atoms with Crippen LogP contribution in [0.5, 0.6) is 0 Å². The number of nitrogens with zero attached hydrogens (tertiary/aromatic N) is 1. The second-order valence-corrected chi connectivity index (χ2v) is 6.96. The van der Waals surface area contributed by atoms with E-state index in [4.69, 9.17) is 0 Å². The number of nitro groups is 1. The van der Waals surface area contributed by atoms with E-state index in [1.165, 1.54) is 6.07 Å². The summed E-state index contributed by atoms with van der Waals surface area (Å²) in [5.41, 5.74) is 3.95. The van der Waals surface area contributed by atoms with Gasteiger partial charge >= 0.3 is 0 Å². The Morgan fingerprint density at radius 1 is 1.19 bits per heavy atom. The van der Waals surface area contributed by atoms with Gasteiger partial charge < -0.3 is 10.6 Å². The van der Waals surface area contributed by atoms with Gasteiger partial charge in [-0.15, -0.1) is 0 Å². The molecule has 0 heterocycles. The van der Waals surface area contributed by atoms with Crippen LogP contribution in [0.25, 0.3) is 0 Å². The van der Waals surface area contributed by atoms with Crippen molar-refractivity contribution in [2.75, 3.05) is 5.32 Å². The van der Waals surface area contributed by atoms with E-state index in [1.807, 2.05) is 39.0 Å². The van der Waals surface area contributed by atoms with Crippen molar-refractivity contribution < 1.29 is 9.72 Å². The number of benzene rings is 2. The van der Waals surface area contributed by atoms with Crippen LogP contribution in [0.4, 0.5) is 11.4 Å². The standard InChI is InChI=1S/C20H23N3O3/c1-12-4-5-13(2)17(10-12)14(3)21-20(24)15-6-9-18(22-16-7-8-16)19(11-15)23(25)26/h4-6,9-11,14,16,22H,7-8H2,1-3H3,(H,21,24). The van der Waals surface area contributed by atoms with Crippen LogP contribution in [0, 0.1) is 24.0 Å². The average molecular weight is 353 g/mol. The van der Waals surface area contributed by atoms with Crippen LogP contribution in [0.3, 0.4) is 0 Å². The Morgan fingerprint density at radius 3 is 2.58 bits per heavy atom. The lowest BCUT2D eigenvalue weighted by atomic mass is 9.99. The van der Waals surface area contributed by atoms with Gasteiger partial charge in [-0.2, -0.15) is 0 Å². The molecule has 0 bridgehead atoms. The molecule has 2 aromatic rings. The third-order valence-electron chi connectivity index (χ3n) is 4.64. The molecular weight excluding hydrogens is 330 g/mol. The van der Waals surface area contributed by atoms with Gasteiger partial charge in [0.05, 0.1) is 11.0 Å². The predicted octanol–water partition coefficient (Wildman–Crippen LogP) is 4.28. The summed E-state index contributed by atoms with van der Waals surface area (Å²) in [6, 6.07) is 10.8. The topological polar surface area (TPSA) is 84.3 Å². The highest BCUT2D eigenvalue weighted by Gasteiger charge is 2.26. The number of anilines is 1. The van der Waals surface area contributed by atoms with Crippen LogP contribution in [0.1, 0.15) is 52.9 Å². The number of nitro benzene ring substituents is 1. The molecule has 1 amide bonds. The quantitative estimate of drug-likeness (QED) is 0.600. The Hall–Kier alpha value is -2.89. The molecule has 6 heteroatoms. The number of carbonyl (C=O) groups excluding carboxylic acids is 1. The van der Waals surface area contributed by atoms with Gasteiger partial charge in [-0.3, -0.25) is 14.9 Å². The Kier molecular flexibility index (Phi) is 4.93. The fourth-order valence-electron chi connectivity index (χ4n) is 2.98. The van der Waals surface area contributed by atoms with Crippen molar-refractivity contribution in [1.82, 2.24) is 5.32 Å². The van der Waals surface area contributed by atoms with E-state index >= 15 is 0 Å². The summed E-state index contributed by atoms with van der Waals surface area (Å²) in [6.07, 6.45) is 2.04. The van der Waals surface area contributed by atoms with E-state index in [-0.39, 0.29) is 23.2 Å². The highest BCUT2D eigenvalue weighted by molar-refractivity contribution is 5.96. The summed E-state index contributed by atoms with van der Waals surface area (Å²) in [4.78, 5) is 23.5. The largest absolute Gasteiger partial charge is 0.377 e. The highest BCUT2D eigenvalue weighted by atomic mass is 16.6. The van der Waals surface area contributed by atoms with Crippen molar-refractivity contribution in [3.05, 3.63) is 68.8 Å². The van der Waals surface area contributed by atoms with E-state index in [9.17, 15) is 14.9 Å². The summed E-state index contributed by atoms with van der Waals surface area (Å²) in [7, 11) is 0. The smallest absolute Gasteiger partial charge is 0.293 e. The third-order valence-corrected chi connectivity index (χ3v) is 4.64. The molecule has 1 aliphatic rings. The molecular formula is C20H23N3O3. The number of hydrogen-bond donors (Lipinski definition) is 2. The Bertz CT molecular complexity index is 859. The molecule has 26 heavy (non-hydrogen) atoms. The van der Waals surface area contributed by atoms with Gasteiger partial charge in [0, 0.05) is 17.7 Å². The van der Waals surface area contributed by atoms with Gasteiger partial charge in [0.1, 0.15) is 5.69 Å². The fourth-order valence-corrected chi connectivity index (χ4v) is 2.98. The van der Waals surface area contributed by atoms with Crippen LogP contribution >= 0.6 is 0 Å². The van der Waals surface area contributed by atoms with Crippen molar-refractivity contribution in [3.63, 3.8) is 0 Å². The Labute approximate surface area is 152 Å². The van der Waals surface area contributed by atoms with Gasteiger partial charge in [-0.25, -0.2) is 0 Å². The zero-order valence-electron chi connectivity index (χ0n) is 15.2. The number of nitrogens with one attached hydrogen (secondary N) is 2. The maximum atomic E-state index is 12.6.